The molecule has 16 heavy (non-hydrogen) atoms. The fourth-order valence-electron chi connectivity index (χ4n) is 1.37. The summed E-state index contributed by atoms with van der Waals surface area (Å²) in [6.45, 7) is 6.21. The number of aryl methyl sites for hydroxylation is 1. The molecule has 0 saturated heterocycles. The minimum absolute atomic E-state index is 0.0795. The smallest absolute Gasteiger partial charge is 0.122 e. The fraction of sp³-hybridized carbons (Fsp3) is 0.538. The van der Waals surface area contributed by atoms with Gasteiger partial charge in [0.25, 0.3) is 0 Å². The second-order valence-corrected chi connectivity index (χ2v) is 4.06. The third-order valence-electron chi connectivity index (χ3n) is 2.56. The van der Waals surface area contributed by atoms with Crippen molar-refractivity contribution in [2.24, 2.45) is 0 Å². The van der Waals surface area contributed by atoms with E-state index in [2.05, 4.69) is 0 Å². The van der Waals surface area contributed by atoms with Crippen molar-refractivity contribution in [3.05, 3.63) is 29.3 Å². The number of ether oxygens (including phenoxy) is 2. The zero-order valence-corrected chi connectivity index (χ0v) is 10.4. The van der Waals surface area contributed by atoms with Gasteiger partial charge in [-0.05, 0) is 44.0 Å². The molecule has 1 aromatic rings. The van der Waals surface area contributed by atoms with Gasteiger partial charge in [0.05, 0.1) is 12.2 Å². The van der Waals surface area contributed by atoms with Crippen LogP contribution in [0, 0.1) is 6.92 Å². The van der Waals surface area contributed by atoms with Crippen LogP contribution in [0.4, 0.5) is 0 Å². The number of hydrogen-bond donors (Lipinski definition) is 1. The van der Waals surface area contributed by atoms with Gasteiger partial charge in [0.1, 0.15) is 12.4 Å². The van der Waals surface area contributed by atoms with Crippen LogP contribution in [0.25, 0.3) is 0 Å². The number of methoxy groups -OCH3 is 1. The van der Waals surface area contributed by atoms with E-state index in [0.29, 0.717) is 6.61 Å². The van der Waals surface area contributed by atoms with E-state index in [1.54, 1.807) is 14.0 Å². The van der Waals surface area contributed by atoms with Crippen molar-refractivity contribution in [1.82, 2.24) is 0 Å². The first-order valence-corrected chi connectivity index (χ1v) is 5.48. The molecule has 0 saturated carbocycles. The maximum Gasteiger partial charge on any atom is 0.122 e. The van der Waals surface area contributed by atoms with Crippen molar-refractivity contribution < 1.29 is 14.6 Å². The van der Waals surface area contributed by atoms with Gasteiger partial charge in [-0.15, -0.1) is 0 Å². The quantitative estimate of drug-likeness (QED) is 0.835. The van der Waals surface area contributed by atoms with Crippen molar-refractivity contribution in [1.29, 1.82) is 0 Å². The molecule has 0 aliphatic carbocycles. The lowest BCUT2D eigenvalue weighted by Gasteiger charge is -2.14. The minimum atomic E-state index is -0.439. The molecule has 0 spiro atoms. The van der Waals surface area contributed by atoms with Gasteiger partial charge >= 0.3 is 0 Å². The van der Waals surface area contributed by atoms with Crippen LogP contribution in [0.5, 0.6) is 5.75 Å². The molecular formula is C13H20O3. The van der Waals surface area contributed by atoms with Crippen molar-refractivity contribution in [3.8, 4) is 5.75 Å². The summed E-state index contributed by atoms with van der Waals surface area (Å²) in [7, 11) is 1.66. The summed E-state index contributed by atoms with van der Waals surface area (Å²) in [5, 5.41) is 9.43. The molecule has 3 heteroatoms. The average molecular weight is 224 g/mol. The molecule has 0 aromatic heterocycles. The highest BCUT2D eigenvalue weighted by molar-refractivity contribution is 5.36. The number of benzene rings is 1. The topological polar surface area (TPSA) is 38.7 Å². The molecule has 90 valence electrons. The summed E-state index contributed by atoms with van der Waals surface area (Å²) in [6.07, 6.45) is -0.360. The maximum atomic E-state index is 9.43. The zero-order valence-electron chi connectivity index (χ0n) is 10.4. The van der Waals surface area contributed by atoms with Gasteiger partial charge in [0.15, 0.2) is 0 Å². The third kappa shape index (κ3) is 3.51. The van der Waals surface area contributed by atoms with Crippen LogP contribution in [-0.4, -0.2) is 24.9 Å². The predicted molar refractivity (Wildman–Crippen MR) is 63.8 cm³/mol. The highest BCUT2D eigenvalue weighted by atomic mass is 16.5. The molecule has 1 unspecified atom stereocenters. The Morgan fingerprint density at radius 2 is 2.00 bits per heavy atom. The molecule has 0 heterocycles. The van der Waals surface area contributed by atoms with E-state index < -0.39 is 6.10 Å². The summed E-state index contributed by atoms with van der Waals surface area (Å²) < 4.78 is 10.7. The van der Waals surface area contributed by atoms with Gasteiger partial charge in [-0.2, -0.15) is 0 Å². The Hall–Kier alpha value is -1.06. The first-order chi connectivity index (χ1) is 7.54. The second kappa shape index (κ2) is 5.87. The zero-order chi connectivity index (χ0) is 12.1. The molecule has 0 aliphatic rings. The summed E-state index contributed by atoms with van der Waals surface area (Å²) >= 11 is 0. The van der Waals surface area contributed by atoms with Gasteiger partial charge in [-0.1, -0.05) is 6.07 Å². The van der Waals surface area contributed by atoms with Crippen LogP contribution in [0.1, 0.15) is 31.1 Å². The lowest BCUT2D eigenvalue weighted by molar-refractivity contribution is 0.0714. The van der Waals surface area contributed by atoms with Crippen LogP contribution in [0.15, 0.2) is 18.2 Å². The van der Waals surface area contributed by atoms with Crippen LogP contribution in [0.2, 0.25) is 0 Å². The van der Waals surface area contributed by atoms with Gasteiger partial charge in [-0.25, -0.2) is 0 Å². The van der Waals surface area contributed by atoms with Gasteiger partial charge < -0.3 is 14.6 Å². The minimum Gasteiger partial charge on any atom is -0.491 e. The van der Waals surface area contributed by atoms with Gasteiger partial charge in [-0.3, -0.25) is 0 Å². The molecule has 3 nitrogen and oxygen atoms in total. The van der Waals surface area contributed by atoms with E-state index in [9.17, 15) is 5.11 Å². The molecule has 0 fully saturated rings. The van der Waals surface area contributed by atoms with E-state index in [1.165, 1.54) is 0 Å². The molecule has 1 rings (SSSR count). The fourth-order valence-corrected chi connectivity index (χ4v) is 1.37. The Kier molecular flexibility index (Phi) is 4.77. The highest BCUT2D eigenvalue weighted by Crippen LogP contribution is 2.22. The molecule has 0 aliphatic heterocycles. The van der Waals surface area contributed by atoms with Crippen LogP contribution >= 0.6 is 0 Å². The summed E-state index contributed by atoms with van der Waals surface area (Å²) in [5.41, 5.74) is 1.94. The lowest BCUT2D eigenvalue weighted by atomic mass is 10.1. The summed E-state index contributed by atoms with van der Waals surface area (Å²) in [6, 6.07) is 5.71. The van der Waals surface area contributed by atoms with Crippen LogP contribution in [0.3, 0.4) is 0 Å². The first kappa shape index (κ1) is 13.0. The van der Waals surface area contributed by atoms with E-state index in [1.807, 2.05) is 32.0 Å². The Labute approximate surface area is 97.0 Å². The predicted octanol–water partition coefficient (Wildman–Crippen LogP) is 2.46. The number of aliphatic hydroxyl groups is 1. The van der Waals surface area contributed by atoms with E-state index in [-0.39, 0.29) is 6.10 Å². The highest BCUT2D eigenvalue weighted by Gasteiger charge is 2.06. The summed E-state index contributed by atoms with van der Waals surface area (Å²) in [5.74, 6) is 0.841. The van der Waals surface area contributed by atoms with Crippen LogP contribution in [-0.2, 0) is 4.74 Å². The van der Waals surface area contributed by atoms with Crippen molar-refractivity contribution in [2.75, 3.05) is 13.7 Å². The van der Waals surface area contributed by atoms with E-state index in [0.717, 1.165) is 16.9 Å². The molecule has 0 radical (unpaired) electrons. The van der Waals surface area contributed by atoms with Gasteiger partial charge in [0.2, 0.25) is 0 Å². The van der Waals surface area contributed by atoms with Crippen molar-refractivity contribution in [2.45, 2.75) is 33.0 Å². The monoisotopic (exact) mass is 224 g/mol. The van der Waals surface area contributed by atoms with E-state index >= 15 is 0 Å². The molecule has 0 amide bonds. The summed E-state index contributed by atoms with van der Waals surface area (Å²) in [4.78, 5) is 0. The third-order valence-corrected chi connectivity index (χ3v) is 2.56. The maximum absolute atomic E-state index is 9.43. The van der Waals surface area contributed by atoms with Gasteiger partial charge in [0, 0.05) is 7.11 Å². The molecule has 1 aromatic carbocycles. The molecule has 0 bridgehead atoms. The Bertz CT molecular complexity index is 334. The Morgan fingerprint density at radius 3 is 2.50 bits per heavy atom. The number of aliphatic hydroxyl groups excluding tert-OH is 1. The Balaban J connectivity index is 2.68. The number of rotatable bonds is 5. The normalized spacial score (nSPS) is 14.6. The van der Waals surface area contributed by atoms with Crippen molar-refractivity contribution in [3.63, 3.8) is 0 Å². The lowest BCUT2D eigenvalue weighted by Crippen LogP contribution is -2.16. The molecule has 1 N–H and O–H groups in total. The molecule has 2 atom stereocenters. The molecular weight excluding hydrogens is 204 g/mol. The standard InChI is InChI=1S/C13H20O3/c1-9-7-12(11(3)14)5-6-13(9)16-8-10(2)15-4/h5-7,10-11,14H,8H2,1-4H3/t10?,11-/m0/s1. The Morgan fingerprint density at radius 1 is 1.31 bits per heavy atom. The largest absolute Gasteiger partial charge is 0.491 e. The SMILES string of the molecule is COC(C)COc1ccc([C@H](C)O)cc1C. The number of hydrogen-bond acceptors (Lipinski definition) is 3. The van der Waals surface area contributed by atoms with Crippen molar-refractivity contribution >= 4 is 0 Å². The second-order valence-electron chi connectivity index (χ2n) is 4.06. The first-order valence-electron chi connectivity index (χ1n) is 5.48. The van der Waals surface area contributed by atoms with E-state index in [4.69, 9.17) is 9.47 Å². The van der Waals surface area contributed by atoms with Crippen LogP contribution < -0.4 is 4.74 Å². The average Bonchev–Trinajstić information content (AvgIpc) is 2.26.